The average Bonchev–Trinajstić information content (AvgIpc) is 2.59. The van der Waals surface area contributed by atoms with E-state index >= 15 is 0 Å². The molecule has 0 bridgehead atoms. The third-order valence-electron chi connectivity index (χ3n) is 4.62. The van der Waals surface area contributed by atoms with E-state index in [0.29, 0.717) is 23.6 Å². The number of primary sulfonamides is 1. The van der Waals surface area contributed by atoms with E-state index < -0.39 is 10.0 Å². The predicted octanol–water partition coefficient (Wildman–Crippen LogP) is 3.62. The molecule has 0 saturated heterocycles. The van der Waals surface area contributed by atoms with E-state index in [0.717, 1.165) is 16.7 Å². The van der Waals surface area contributed by atoms with Gasteiger partial charge in [-0.1, -0.05) is 19.8 Å². The van der Waals surface area contributed by atoms with Crippen molar-refractivity contribution in [3.8, 4) is 0 Å². The van der Waals surface area contributed by atoms with Crippen molar-refractivity contribution in [3.63, 3.8) is 0 Å². The highest BCUT2D eigenvalue weighted by atomic mass is 79.9. The summed E-state index contributed by atoms with van der Waals surface area (Å²) in [5.41, 5.74) is 0.678. The van der Waals surface area contributed by atoms with Gasteiger partial charge in [0.05, 0.1) is 9.37 Å². The van der Waals surface area contributed by atoms with Gasteiger partial charge < -0.3 is 10.6 Å². The monoisotopic (exact) mass is 439 g/mol. The van der Waals surface area contributed by atoms with Crippen LogP contribution in [0.1, 0.15) is 32.6 Å². The van der Waals surface area contributed by atoms with Crippen LogP contribution >= 0.6 is 15.9 Å². The molecule has 3 rings (SSSR count). The Morgan fingerprint density at radius 1 is 1.19 bits per heavy atom. The number of anilines is 3. The Morgan fingerprint density at radius 3 is 2.54 bits per heavy atom. The SMILES string of the molecule is C[C@H]1CCCCC1Nc1nc(Nc2ccc(S(N)(=O)=O)cc2)ncc1Br. The van der Waals surface area contributed by atoms with Crippen LogP contribution in [-0.4, -0.2) is 24.4 Å². The third kappa shape index (κ3) is 4.72. The summed E-state index contributed by atoms with van der Waals surface area (Å²) < 4.78 is 23.4. The van der Waals surface area contributed by atoms with E-state index in [1.807, 2.05) is 0 Å². The van der Waals surface area contributed by atoms with Crippen molar-refractivity contribution in [1.82, 2.24) is 9.97 Å². The summed E-state index contributed by atoms with van der Waals surface area (Å²) in [5.74, 6) is 1.79. The standard InChI is InChI=1S/C17H22BrN5O2S/c1-11-4-2-3-5-15(11)22-16-14(18)10-20-17(23-16)21-12-6-8-13(9-7-12)26(19,24)25/h6-11,15H,2-5H2,1H3,(H2,19,24,25)(H2,20,21,22,23)/t11-,15?/m0/s1. The van der Waals surface area contributed by atoms with Gasteiger partial charge in [-0.25, -0.2) is 18.5 Å². The topological polar surface area (TPSA) is 110 Å². The van der Waals surface area contributed by atoms with Crippen molar-refractivity contribution in [2.45, 2.75) is 43.5 Å². The molecule has 140 valence electrons. The van der Waals surface area contributed by atoms with E-state index in [2.05, 4.69) is 43.5 Å². The first-order valence-electron chi connectivity index (χ1n) is 8.52. The van der Waals surface area contributed by atoms with Gasteiger partial charge in [0.1, 0.15) is 5.82 Å². The molecule has 1 heterocycles. The summed E-state index contributed by atoms with van der Waals surface area (Å²) in [4.78, 5) is 8.87. The number of sulfonamides is 1. The van der Waals surface area contributed by atoms with Crippen molar-refractivity contribution in [2.24, 2.45) is 11.1 Å². The van der Waals surface area contributed by atoms with Gasteiger partial charge in [-0.3, -0.25) is 0 Å². The van der Waals surface area contributed by atoms with Gasteiger partial charge in [0.25, 0.3) is 0 Å². The summed E-state index contributed by atoms with van der Waals surface area (Å²) in [7, 11) is -3.70. The normalized spacial score (nSPS) is 20.6. The zero-order valence-electron chi connectivity index (χ0n) is 14.4. The molecule has 0 amide bonds. The maximum Gasteiger partial charge on any atom is 0.238 e. The molecule has 4 N–H and O–H groups in total. The van der Waals surface area contributed by atoms with Gasteiger partial charge in [-0.15, -0.1) is 0 Å². The fourth-order valence-electron chi connectivity index (χ4n) is 3.09. The van der Waals surface area contributed by atoms with E-state index in [4.69, 9.17) is 5.14 Å². The van der Waals surface area contributed by atoms with Gasteiger partial charge in [-0.2, -0.15) is 4.98 Å². The van der Waals surface area contributed by atoms with E-state index in [1.54, 1.807) is 18.3 Å². The summed E-state index contributed by atoms with van der Waals surface area (Å²) in [5, 5.41) is 11.7. The molecule has 1 saturated carbocycles. The van der Waals surface area contributed by atoms with Gasteiger partial charge in [-0.05, 0) is 59.0 Å². The average molecular weight is 440 g/mol. The first-order valence-corrected chi connectivity index (χ1v) is 10.9. The minimum atomic E-state index is -3.70. The Labute approximate surface area is 162 Å². The molecule has 0 radical (unpaired) electrons. The fourth-order valence-corrected chi connectivity index (χ4v) is 3.91. The van der Waals surface area contributed by atoms with Crippen LogP contribution in [0.15, 0.2) is 39.8 Å². The Morgan fingerprint density at radius 2 is 1.88 bits per heavy atom. The lowest BCUT2D eigenvalue weighted by molar-refractivity contribution is 0.349. The van der Waals surface area contributed by atoms with Crippen molar-refractivity contribution < 1.29 is 8.42 Å². The molecular formula is C17H22BrN5O2S. The first-order chi connectivity index (χ1) is 12.3. The molecule has 1 aliphatic carbocycles. The minimum Gasteiger partial charge on any atom is -0.366 e. The summed E-state index contributed by atoms with van der Waals surface area (Å²) in [6.45, 7) is 2.26. The summed E-state index contributed by atoms with van der Waals surface area (Å²) >= 11 is 3.50. The molecule has 1 fully saturated rings. The molecular weight excluding hydrogens is 418 g/mol. The molecule has 1 aliphatic rings. The van der Waals surface area contributed by atoms with Gasteiger partial charge in [0.15, 0.2) is 0 Å². The third-order valence-corrected chi connectivity index (χ3v) is 6.13. The van der Waals surface area contributed by atoms with Crippen LogP contribution in [0.5, 0.6) is 0 Å². The number of halogens is 1. The van der Waals surface area contributed by atoms with Gasteiger partial charge >= 0.3 is 0 Å². The lowest BCUT2D eigenvalue weighted by Gasteiger charge is -2.30. The van der Waals surface area contributed by atoms with Crippen LogP contribution in [-0.2, 0) is 10.0 Å². The Kier molecular flexibility index (Phi) is 5.79. The highest BCUT2D eigenvalue weighted by Gasteiger charge is 2.22. The Bertz CT molecular complexity index is 873. The molecule has 1 aromatic heterocycles. The van der Waals surface area contributed by atoms with Crippen molar-refractivity contribution >= 4 is 43.4 Å². The highest BCUT2D eigenvalue weighted by Crippen LogP contribution is 2.29. The highest BCUT2D eigenvalue weighted by molar-refractivity contribution is 9.10. The number of aromatic nitrogens is 2. The lowest BCUT2D eigenvalue weighted by Crippen LogP contribution is -2.30. The minimum absolute atomic E-state index is 0.0633. The quantitative estimate of drug-likeness (QED) is 0.655. The lowest BCUT2D eigenvalue weighted by atomic mass is 9.86. The van der Waals surface area contributed by atoms with Gasteiger partial charge in [0, 0.05) is 17.9 Å². The zero-order valence-corrected chi connectivity index (χ0v) is 16.8. The molecule has 1 unspecified atom stereocenters. The number of benzene rings is 1. The molecule has 26 heavy (non-hydrogen) atoms. The molecule has 9 heteroatoms. The number of hydrogen-bond acceptors (Lipinski definition) is 6. The molecule has 2 atom stereocenters. The number of nitrogens with two attached hydrogens (primary N) is 1. The maximum absolute atomic E-state index is 11.3. The van der Waals surface area contributed by atoms with Crippen LogP contribution in [0.2, 0.25) is 0 Å². The Hall–Kier alpha value is -1.71. The number of hydrogen-bond donors (Lipinski definition) is 3. The van der Waals surface area contributed by atoms with Crippen LogP contribution in [0.25, 0.3) is 0 Å². The van der Waals surface area contributed by atoms with Gasteiger partial charge in [0.2, 0.25) is 16.0 Å². The molecule has 7 nitrogen and oxygen atoms in total. The van der Waals surface area contributed by atoms with E-state index in [-0.39, 0.29) is 4.90 Å². The second-order valence-electron chi connectivity index (χ2n) is 6.60. The van der Waals surface area contributed by atoms with Crippen LogP contribution < -0.4 is 15.8 Å². The molecule has 1 aromatic carbocycles. The number of nitrogens with zero attached hydrogens (tertiary/aromatic N) is 2. The number of rotatable bonds is 5. The largest absolute Gasteiger partial charge is 0.366 e. The fraction of sp³-hybridized carbons (Fsp3) is 0.412. The van der Waals surface area contributed by atoms with Crippen LogP contribution in [0, 0.1) is 5.92 Å². The summed E-state index contributed by atoms with van der Waals surface area (Å²) in [6.07, 6.45) is 6.57. The van der Waals surface area contributed by atoms with Crippen molar-refractivity contribution in [2.75, 3.05) is 10.6 Å². The number of nitrogens with one attached hydrogen (secondary N) is 2. The Balaban J connectivity index is 1.74. The maximum atomic E-state index is 11.3. The van der Waals surface area contributed by atoms with Crippen molar-refractivity contribution in [1.29, 1.82) is 0 Å². The molecule has 2 aromatic rings. The molecule has 0 aliphatic heterocycles. The van der Waals surface area contributed by atoms with Crippen LogP contribution in [0.3, 0.4) is 0 Å². The van der Waals surface area contributed by atoms with Crippen LogP contribution in [0.4, 0.5) is 17.5 Å². The van der Waals surface area contributed by atoms with E-state index in [1.165, 1.54) is 31.4 Å². The first kappa shape index (κ1) is 19.1. The summed E-state index contributed by atoms with van der Waals surface area (Å²) in [6, 6.07) is 6.54. The van der Waals surface area contributed by atoms with E-state index in [9.17, 15) is 8.42 Å². The zero-order chi connectivity index (χ0) is 18.7. The second-order valence-corrected chi connectivity index (χ2v) is 9.01. The predicted molar refractivity (Wildman–Crippen MR) is 106 cm³/mol. The smallest absolute Gasteiger partial charge is 0.238 e. The second kappa shape index (κ2) is 7.89. The van der Waals surface area contributed by atoms with Crippen molar-refractivity contribution in [3.05, 3.63) is 34.9 Å². The molecule has 0 spiro atoms.